The molecule has 17 heavy (non-hydrogen) atoms. The smallest absolute Gasteiger partial charge is 0.0652 e. The lowest BCUT2D eigenvalue weighted by molar-refractivity contribution is 0.170. The van der Waals surface area contributed by atoms with Crippen molar-refractivity contribution in [2.24, 2.45) is 5.92 Å². The van der Waals surface area contributed by atoms with Gasteiger partial charge in [-0.15, -0.1) is 0 Å². The Bertz CT molecular complexity index is 337. The van der Waals surface area contributed by atoms with E-state index in [2.05, 4.69) is 24.4 Å². The predicted molar refractivity (Wildman–Crippen MR) is 74.3 cm³/mol. The maximum atomic E-state index is 9.64. The van der Waals surface area contributed by atoms with Gasteiger partial charge in [-0.3, -0.25) is 0 Å². The van der Waals surface area contributed by atoms with Crippen LogP contribution in [0.15, 0.2) is 30.3 Å². The van der Waals surface area contributed by atoms with Crippen molar-refractivity contribution in [1.82, 2.24) is 5.32 Å². The van der Waals surface area contributed by atoms with Crippen molar-refractivity contribution in [3.05, 3.63) is 35.9 Å². The molecule has 0 spiro atoms. The quantitative estimate of drug-likeness (QED) is 0.842. The topological polar surface area (TPSA) is 32.3 Å². The molecule has 1 heterocycles. The van der Waals surface area contributed by atoms with Crippen molar-refractivity contribution in [2.75, 3.05) is 24.7 Å². The first kappa shape index (κ1) is 12.9. The molecule has 1 aromatic rings. The largest absolute Gasteiger partial charge is 0.394 e. The number of thioether (sulfide) groups is 1. The predicted octanol–water partition coefficient (Wildman–Crippen LogP) is 2.24. The van der Waals surface area contributed by atoms with E-state index in [1.54, 1.807) is 0 Å². The fourth-order valence-corrected chi connectivity index (χ4v) is 3.45. The third-order valence-electron chi connectivity index (χ3n) is 3.53. The van der Waals surface area contributed by atoms with E-state index in [4.69, 9.17) is 0 Å². The summed E-state index contributed by atoms with van der Waals surface area (Å²) in [6, 6.07) is 10.2. The first-order valence-corrected chi connectivity index (χ1v) is 7.39. The van der Waals surface area contributed by atoms with Crippen LogP contribution < -0.4 is 5.32 Å². The summed E-state index contributed by atoms with van der Waals surface area (Å²) in [5.74, 6) is 3.30. The van der Waals surface area contributed by atoms with Crippen LogP contribution in [0.4, 0.5) is 0 Å². The summed E-state index contributed by atoms with van der Waals surface area (Å²) in [6.07, 6.45) is 1.30. The summed E-state index contributed by atoms with van der Waals surface area (Å²) in [6.45, 7) is 3.21. The lowest BCUT2D eigenvalue weighted by Gasteiger charge is -2.30. The molecule has 0 aliphatic carbocycles. The van der Waals surface area contributed by atoms with Crippen LogP contribution in [-0.2, 0) is 5.54 Å². The number of hydrogen-bond acceptors (Lipinski definition) is 3. The van der Waals surface area contributed by atoms with Gasteiger partial charge in [0.15, 0.2) is 0 Å². The summed E-state index contributed by atoms with van der Waals surface area (Å²) in [5, 5.41) is 13.2. The van der Waals surface area contributed by atoms with Crippen LogP contribution in [0.1, 0.15) is 18.9 Å². The highest BCUT2D eigenvalue weighted by Gasteiger charge is 2.26. The fraction of sp³-hybridized carbons (Fsp3) is 0.571. The van der Waals surface area contributed by atoms with E-state index in [9.17, 15) is 5.11 Å². The van der Waals surface area contributed by atoms with Crippen LogP contribution in [0.5, 0.6) is 0 Å². The lowest BCUT2D eigenvalue weighted by Crippen LogP contribution is -2.45. The number of hydrogen-bond donors (Lipinski definition) is 2. The van der Waals surface area contributed by atoms with Gasteiger partial charge in [0.2, 0.25) is 0 Å². The molecule has 2 atom stereocenters. The van der Waals surface area contributed by atoms with Crippen LogP contribution in [0.25, 0.3) is 0 Å². The van der Waals surface area contributed by atoms with E-state index in [0.717, 1.165) is 18.0 Å². The molecule has 1 fully saturated rings. The van der Waals surface area contributed by atoms with Crippen molar-refractivity contribution < 1.29 is 5.11 Å². The van der Waals surface area contributed by atoms with E-state index in [1.807, 2.05) is 30.0 Å². The highest BCUT2D eigenvalue weighted by molar-refractivity contribution is 7.99. The van der Waals surface area contributed by atoms with Gasteiger partial charge in [-0.2, -0.15) is 11.8 Å². The summed E-state index contributed by atoms with van der Waals surface area (Å²) in [7, 11) is 0. The van der Waals surface area contributed by atoms with Crippen molar-refractivity contribution in [2.45, 2.75) is 18.9 Å². The minimum atomic E-state index is -0.311. The van der Waals surface area contributed by atoms with E-state index >= 15 is 0 Å². The molecule has 3 heteroatoms. The third-order valence-corrected chi connectivity index (χ3v) is 4.76. The third kappa shape index (κ3) is 3.24. The highest BCUT2D eigenvalue weighted by Crippen LogP contribution is 2.25. The van der Waals surface area contributed by atoms with Gasteiger partial charge < -0.3 is 10.4 Å². The second-order valence-electron chi connectivity index (χ2n) is 4.97. The number of aliphatic hydroxyl groups is 1. The molecule has 0 bridgehead atoms. The van der Waals surface area contributed by atoms with Gasteiger partial charge in [-0.25, -0.2) is 0 Å². The van der Waals surface area contributed by atoms with Crippen molar-refractivity contribution in [3.63, 3.8) is 0 Å². The van der Waals surface area contributed by atoms with Crippen molar-refractivity contribution in [1.29, 1.82) is 0 Å². The van der Waals surface area contributed by atoms with Gasteiger partial charge in [-0.05, 0) is 42.9 Å². The SMILES string of the molecule is CC(CO)(NCC1CCSC1)c1ccccc1. The molecule has 94 valence electrons. The summed E-state index contributed by atoms with van der Waals surface area (Å²) < 4.78 is 0. The molecule has 2 nitrogen and oxygen atoms in total. The van der Waals surface area contributed by atoms with E-state index in [0.29, 0.717) is 0 Å². The Kier molecular flexibility index (Phi) is 4.48. The Labute approximate surface area is 108 Å². The number of benzene rings is 1. The number of rotatable bonds is 5. The van der Waals surface area contributed by atoms with Crippen LogP contribution in [-0.4, -0.2) is 29.8 Å². The average molecular weight is 251 g/mol. The van der Waals surface area contributed by atoms with Crippen LogP contribution >= 0.6 is 11.8 Å². The Balaban J connectivity index is 1.98. The second kappa shape index (κ2) is 5.89. The van der Waals surface area contributed by atoms with Gasteiger partial charge in [0.05, 0.1) is 12.1 Å². The standard InChI is InChI=1S/C14H21NOS/c1-14(11-16,13-5-3-2-4-6-13)15-9-12-7-8-17-10-12/h2-6,12,15-16H,7-11H2,1H3. The summed E-state index contributed by atoms with van der Waals surface area (Å²) >= 11 is 2.03. The second-order valence-corrected chi connectivity index (χ2v) is 6.12. The molecule has 1 aromatic carbocycles. The summed E-state index contributed by atoms with van der Waals surface area (Å²) in [5.41, 5.74) is 0.849. The zero-order valence-corrected chi connectivity index (χ0v) is 11.2. The Hall–Kier alpha value is -0.510. The van der Waals surface area contributed by atoms with E-state index in [1.165, 1.54) is 17.9 Å². The Morgan fingerprint density at radius 2 is 2.18 bits per heavy atom. The van der Waals surface area contributed by atoms with Crippen LogP contribution in [0, 0.1) is 5.92 Å². The molecule has 0 saturated carbocycles. The first-order valence-electron chi connectivity index (χ1n) is 6.24. The van der Waals surface area contributed by atoms with Gasteiger partial charge in [0.25, 0.3) is 0 Å². The Morgan fingerprint density at radius 1 is 1.41 bits per heavy atom. The monoisotopic (exact) mass is 251 g/mol. The highest BCUT2D eigenvalue weighted by atomic mass is 32.2. The zero-order chi connectivity index (χ0) is 12.1. The average Bonchev–Trinajstić information content (AvgIpc) is 2.90. The molecule has 1 aliphatic rings. The molecule has 0 amide bonds. The molecule has 0 radical (unpaired) electrons. The lowest BCUT2D eigenvalue weighted by atomic mass is 9.92. The molecule has 2 N–H and O–H groups in total. The summed E-state index contributed by atoms with van der Waals surface area (Å²) in [4.78, 5) is 0. The Morgan fingerprint density at radius 3 is 2.76 bits per heavy atom. The van der Waals surface area contributed by atoms with Crippen LogP contribution in [0.2, 0.25) is 0 Å². The van der Waals surface area contributed by atoms with Crippen molar-refractivity contribution >= 4 is 11.8 Å². The van der Waals surface area contributed by atoms with Gasteiger partial charge in [0.1, 0.15) is 0 Å². The zero-order valence-electron chi connectivity index (χ0n) is 10.4. The van der Waals surface area contributed by atoms with Crippen LogP contribution in [0.3, 0.4) is 0 Å². The first-order chi connectivity index (χ1) is 8.24. The van der Waals surface area contributed by atoms with Gasteiger partial charge in [-0.1, -0.05) is 30.3 Å². The maximum absolute atomic E-state index is 9.64. The molecule has 2 rings (SSSR count). The molecule has 1 aliphatic heterocycles. The molecule has 1 saturated heterocycles. The number of nitrogens with one attached hydrogen (secondary N) is 1. The minimum Gasteiger partial charge on any atom is -0.394 e. The molecular formula is C14H21NOS. The van der Waals surface area contributed by atoms with Crippen molar-refractivity contribution in [3.8, 4) is 0 Å². The van der Waals surface area contributed by atoms with E-state index in [-0.39, 0.29) is 12.1 Å². The van der Waals surface area contributed by atoms with Gasteiger partial charge >= 0.3 is 0 Å². The maximum Gasteiger partial charge on any atom is 0.0652 e. The molecular weight excluding hydrogens is 230 g/mol. The van der Waals surface area contributed by atoms with E-state index < -0.39 is 0 Å². The minimum absolute atomic E-state index is 0.136. The normalized spacial score (nSPS) is 23.5. The molecule has 0 aromatic heterocycles. The number of aliphatic hydroxyl groups excluding tert-OH is 1. The van der Waals surface area contributed by atoms with Gasteiger partial charge in [0, 0.05) is 0 Å². The molecule has 2 unspecified atom stereocenters. The fourth-order valence-electron chi connectivity index (χ4n) is 2.17.